The van der Waals surface area contributed by atoms with E-state index in [1.807, 2.05) is 30.3 Å². The largest absolute Gasteiger partial charge is 0.497 e. The number of amides is 2. The van der Waals surface area contributed by atoms with Crippen LogP contribution < -0.4 is 15.0 Å². The van der Waals surface area contributed by atoms with Crippen LogP contribution in [0.4, 0.5) is 10.5 Å². The number of nitrogens with zero attached hydrogens (tertiary/aromatic N) is 1. The van der Waals surface area contributed by atoms with Crippen LogP contribution >= 0.6 is 0 Å². The van der Waals surface area contributed by atoms with Gasteiger partial charge in [0, 0.05) is 12.2 Å². The Hall–Kier alpha value is -4.66. The zero-order valence-corrected chi connectivity index (χ0v) is 20.9. The maximum atomic E-state index is 13.4. The number of ether oxygens (including phenoxy) is 3. The van der Waals surface area contributed by atoms with Gasteiger partial charge in [-0.1, -0.05) is 48.5 Å². The minimum Gasteiger partial charge on any atom is -0.497 e. The molecule has 1 saturated heterocycles. The Morgan fingerprint density at radius 3 is 2.21 bits per heavy atom. The summed E-state index contributed by atoms with van der Waals surface area (Å²) in [5.74, 6) is -1.32. The number of alkyl carbamates (subject to hydrolysis) is 1. The fourth-order valence-electron chi connectivity index (χ4n) is 4.30. The summed E-state index contributed by atoms with van der Waals surface area (Å²) in [6, 6.07) is 24.1. The highest BCUT2D eigenvalue weighted by Crippen LogP contribution is 2.42. The van der Waals surface area contributed by atoms with E-state index in [0.717, 1.165) is 5.56 Å². The van der Waals surface area contributed by atoms with Gasteiger partial charge in [0.2, 0.25) is 5.91 Å². The minimum atomic E-state index is -1.40. The number of rotatable bonds is 10. The molecule has 1 N–H and O–H groups in total. The lowest BCUT2D eigenvalue weighted by atomic mass is 9.79. The van der Waals surface area contributed by atoms with Crippen molar-refractivity contribution in [2.24, 2.45) is 0 Å². The van der Waals surface area contributed by atoms with Crippen LogP contribution in [0.5, 0.6) is 5.75 Å². The van der Waals surface area contributed by atoms with Crippen molar-refractivity contribution in [3.8, 4) is 5.75 Å². The molecule has 1 aliphatic rings. The van der Waals surface area contributed by atoms with E-state index >= 15 is 0 Å². The summed E-state index contributed by atoms with van der Waals surface area (Å²) in [6.07, 6.45) is -0.237. The van der Waals surface area contributed by atoms with Gasteiger partial charge in [-0.05, 0) is 54.8 Å². The molecule has 0 radical (unpaired) electrons. The van der Waals surface area contributed by atoms with E-state index in [-0.39, 0.29) is 37.5 Å². The van der Waals surface area contributed by atoms with Gasteiger partial charge in [-0.15, -0.1) is 0 Å². The number of hydrogen-bond donors (Lipinski definition) is 1. The molecule has 1 unspecified atom stereocenters. The number of methoxy groups -OCH3 is 1. The van der Waals surface area contributed by atoms with Gasteiger partial charge in [0.25, 0.3) is 0 Å². The van der Waals surface area contributed by atoms with Gasteiger partial charge < -0.3 is 19.5 Å². The molecule has 1 atom stereocenters. The number of hydrogen-bond acceptors (Lipinski definition) is 7. The zero-order valence-electron chi connectivity index (χ0n) is 20.9. The minimum absolute atomic E-state index is 0.127. The molecule has 1 aliphatic heterocycles. The number of benzene rings is 3. The van der Waals surface area contributed by atoms with Crippen LogP contribution in [0.1, 0.15) is 35.2 Å². The average Bonchev–Trinajstić information content (AvgIpc) is 2.94. The highest BCUT2D eigenvalue weighted by Gasteiger charge is 2.58. The standard InChI is InChI=1S/C29H28N2O7/c1-36-24-15-13-23(14-16-24)31-25(32)19-29(31,27(34)38-26(33)22-11-6-3-7-12-22)17-8-18-30-28(35)37-20-21-9-4-2-5-10-21/h2-7,9-16H,8,17-20H2,1H3,(H,30,35). The first-order valence-corrected chi connectivity index (χ1v) is 12.2. The molecule has 3 aromatic rings. The fourth-order valence-corrected chi connectivity index (χ4v) is 4.30. The molecular formula is C29H28N2O7. The second-order valence-corrected chi connectivity index (χ2v) is 8.77. The fraction of sp³-hybridized carbons (Fsp3) is 0.241. The van der Waals surface area contributed by atoms with Crippen LogP contribution in [0.3, 0.4) is 0 Å². The molecule has 9 heteroatoms. The maximum Gasteiger partial charge on any atom is 0.407 e. The number of nitrogens with one attached hydrogen (secondary N) is 1. The molecule has 9 nitrogen and oxygen atoms in total. The summed E-state index contributed by atoms with van der Waals surface area (Å²) in [4.78, 5) is 52.2. The lowest BCUT2D eigenvalue weighted by Gasteiger charge is -2.49. The Morgan fingerprint density at radius 2 is 1.58 bits per heavy atom. The van der Waals surface area contributed by atoms with E-state index in [9.17, 15) is 19.2 Å². The van der Waals surface area contributed by atoms with Gasteiger partial charge in [-0.2, -0.15) is 0 Å². The Balaban J connectivity index is 1.43. The molecule has 1 heterocycles. The average molecular weight is 517 g/mol. The summed E-state index contributed by atoms with van der Waals surface area (Å²) in [7, 11) is 1.53. The lowest BCUT2D eigenvalue weighted by Crippen LogP contribution is -2.69. The molecule has 3 aromatic carbocycles. The van der Waals surface area contributed by atoms with Crippen LogP contribution in [0.2, 0.25) is 0 Å². The van der Waals surface area contributed by atoms with Gasteiger partial charge in [0.1, 0.15) is 12.4 Å². The summed E-state index contributed by atoms with van der Waals surface area (Å²) >= 11 is 0. The monoisotopic (exact) mass is 516 g/mol. The maximum absolute atomic E-state index is 13.4. The van der Waals surface area contributed by atoms with Gasteiger partial charge in [0.05, 0.1) is 19.1 Å². The predicted octanol–water partition coefficient (Wildman–Crippen LogP) is 4.26. The molecule has 0 bridgehead atoms. The molecule has 1 fully saturated rings. The van der Waals surface area contributed by atoms with Crippen LogP contribution in [0, 0.1) is 0 Å². The molecule has 0 spiro atoms. The smallest absolute Gasteiger partial charge is 0.407 e. The van der Waals surface area contributed by atoms with Gasteiger partial charge >= 0.3 is 18.0 Å². The molecule has 196 valence electrons. The lowest BCUT2D eigenvalue weighted by molar-refractivity contribution is -0.153. The number of carbonyl (C=O) groups excluding carboxylic acids is 4. The third-order valence-corrected chi connectivity index (χ3v) is 6.28. The first-order chi connectivity index (χ1) is 18.4. The Labute approximate surface area is 220 Å². The third kappa shape index (κ3) is 6.00. The van der Waals surface area contributed by atoms with Crippen molar-refractivity contribution in [3.63, 3.8) is 0 Å². The molecule has 0 aromatic heterocycles. The topological polar surface area (TPSA) is 111 Å². The second-order valence-electron chi connectivity index (χ2n) is 8.77. The number of anilines is 1. The van der Waals surface area contributed by atoms with Crippen LogP contribution in [0.15, 0.2) is 84.9 Å². The summed E-state index contributed by atoms with van der Waals surface area (Å²) in [5, 5.41) is 2.66. The van der Waals surface area contributed by atoms with E-state index < -0.39 is 23.6 Å². The van der Waals surface area contributed by atoms with E-state index in [1.165, 1.54) is 12.0 Å². The first kappa shape index (κ1) is 26.4. The van der Waals surface area contributed by atoms with E-state index in [0.29, 0.717) is 17.9 Å². The molecule has 2 amide bonds. The predicted molar refractivity (Wildman–Crippen MR) is 139 cm³/mol. The zero-order chi connectivity index (χ0) is 27.0. The van der Waals surface area contributed by atoms with E-state index in [4.69, 9.17) is 14.2 Å². The highest BCUT2D eigenvalue weighted by molar-refractivity contribution is 6.14. The van der Waals surface area contributed by atoms with Crippen molar-refractivity contribution in [1.82, 2.24) is 5.32 Å². The van der Waals surface area contributed by atoms with Crippen LogP contribution in [-0.2, 0) is 25.7 Å². The number of esters is 2. The van der Waals surface area contributed by atoms with Gasteiger partial charge in [-0.3, -0.25) is 9.69 Å². The third-order valence-electron chi connectivity index (χ3n) is 6.28. The van der Waals surface area contributed by atoms with Gasteiger partial charge in [0.15, 0.2) is 5.54 Å². The first-order valence-electron chi connectivity index (χ1n) is 12.2. The van der Waals surface area contributed by atoms with Crippen molar-refractivity contribution in [2.45, 2.75) is 31.4 Å². The normalized spacial score (nSPS) is 16.2. The van der Waals surface area contributed by atoms with Crippen molar-refractivity contribution in [3.05, 3.63) is 96.1 Å². The Morgan fingerprint density at radius 1 is 0.921 bits per heavy atom. The summed E-state index contributed by atoms with van der Waals surface area (Å²) < 4.78 is 15.6. The molecule has 0 saturated carbocycles. The molecule has 0 aliphatic carbocycles. The van der Waals surface area contributed by atoms with Gasteiger partial charge in [-0.25, -0.2) is 14.4 Å². The van der Waals surface area contributed by atoms with Crippen molar-refractivity contribution >= 4 is 29.6 Å². The van der Waals surface area contributed by atoms with Crippen LogP contribution in [-0.4, -0.2) is 43.1 Å². The van der Waals surface area contributed by atoms with Crippen LogP contribution in [0.25, 0.3) is 0 Å². The van der Waals surface area contributed by atoms with Crippen molar-refractivity contribution in [1.29, 1.82) is 0 Å². The highest BCUT2D eigenvalue weighted by atomic mass is 16.6. The van der Waals surface area contributed by atoms with E-state index in [2.05, 4.69) is 5.32 Å². The molecular weight excluding hydrogens is 488 g/mol. The number of carbonyl (C=O) groups is 4. The Kier molecular flexibility index (Phi) is 8.37. The summed E-state index contributed by atoms with van der Waals surface area (Å²) in [5.41, 5.74) is 0.156. The molecule has 38 heavy (non-hydrogen) atoms. The van der Waals surface area contributed by atoms with E-state index in [1.54, 1.807) is 54.6 Å². The Bertz CT molecular complexity index is 1280. The summed E-state index contributed by atoms with van der Waals surface area (Å²) in [6.45, 7) is 0.324. The second kappa shape index (κ2) is 12.1. The van der Waals surface area contributed by atoms with Crippen molar-refractivity contribution < 1.29 is 33.4 Å². The number of β-lactam (4-membered cyclic amide) rings is 1. The quantitative estimate of drug-likeness (QED) is 0.185. The molecule has 4 rings (SSSR count). The van der Waals surface area contributed by atoms with Crippen molar-refractivity contribution in [2.75, 3.05) is 18.6 Å². The SMILES string of the molecule is COc1ccc(N2C(=O)CC2(CCCNC(=O)OCc2ccccc2)C(=O)OC(=O)c2ccccc2)cc1.